The van der Waals surface area contributed by atoms with Crippen LogP contribution in [0.15, 0.2) is 18.2 Å². The summed E-state index contributed by atoms with van der Waals surface area (Å²) in [4.78, 5) is 11.4. The zero-order valence-electron chi connectivity index (χ0n) is 11.4. The van der Waals surface area contributed by atoms with Crippen LogP contribution in [0.3, 0.4) is 0 Å². The van der Waals surface area contributed by atoms with Crippen molar-refractivity contribution in [2.24, 2.45) is 5.92 Å². The third-order valence-corrected chi connectivity index (χ3v) is 3.39. The van der Waals surface area contributed by atoms with E-state index in [1.165, 1.54) is 7.11 Å². The number of rotatable bonds is 5. The maximum atomic E-state index is 11.4. The second-order valence-electron chi connectivity index (χ2n) is 4.67. The number of nitrogens with one attached hydrogen (secondary N) is 1. The lowest BCUT2D eigenvalue weighted by Gasteiger charge is -2.19. The molecular formula is C14H19NO4. The van der Waals surface area contributed by atoms with Gasteiger partial charge < -0.3 is 19.5 Å². The van der Waals surface area contributed by atoms with E-state index in [-0.39, 0.29) is 24.7 Å². The molecule has 0 saturated heterocycles. The molecule has 5 heteroatoms. The summed E-state index contributed by atoms with van der Waals surface area (Å²) in [5, 5.41) is 3.31. The monoisotopic (exact) mass is 265 g/mol. The molecule has 0 fully saturated rings. The fraction of sp³-hybridized carbons (Fsp3) is 0.500. The lowest BCUT2D eigenvalue weighted by atomic mass is 10.0. The van der Waals surface area contributed by atoms with Gasteiger partial charge in [0.25, 0.3) is 0 Å². The fourth-order valence-corrected chi connectivity index (χ4v) is 1.90. The van der Waals surface area contributed by atoms with E-state index in [2.05, 4.69) is 5.32 Å². The number of carbonyl (C=O) groups is 1. The topological polar surface area (TPSA) is 56.8 Å². The molecule has 5 nitrogen and oxygen atoms in total. The number of hydrogen-bond donors (Lipinski definition) is 1. The molecule has 104 valence electrons. The molecule has 0 radical (unpaired) electrons. The molecule has 2 unspecified atom stereocenters. The summed E-state index contributed by atoms with van der Waals surface area (Å²) >= 11 is 0. The molecular weight excluding hydrogens is 246 g/mol. The number of ether oxygens (including phenoxy) is 3. The average Bonchev–Trinajstić information content (AvgIpc) is 2.90. The summed E-state index contributed by atoms with van der Waals surface area (Å²) in [5.41, 5.74) is 1.09. The molecule has 2 rings (SSSR count). The molecule has 0 amide bonds. The summed E-state index contributed by atoms with van der Waals surface area (Å²) in [5.74, 6) is 1.16. The van der Waals surface area contributed by atoms with Crippen LogP contribution in [0.2, 0.25) is 0 Å². The van der Waals surface area contributed by atoms with Crippen molar-refractivity contribution in [3.63, 3.8) is 0 Å². The quantitative estimate of drug-likeness (QED) is 0.821. The summed E-state index contributed by atoms with van der Waals surface area (Å²) in [6, 6.07) is 5.87. The van der Waals surface area contributed by atoms with Crippen molar-refractivity contribution in [3.8, 4) is 11.5 Å². The summed E-state index contributed by atoms with van der Waals surface area (Å²) < 4.78 is 15.3. The van der Waals surface area contributed by atoms with Crippen molar-refractivity contribution in [1.29, 1.82) is 0 Å². The first kappa shape index (κ1) is 13.7. The first-order chi connectivity index (χ1) is 9.11. The Morgan fingerprint density at radius 1 is 1.37 bits per heavy atom. The molecule has 0 spiro atoms. The van der Waals surface area contributed by atoms with Gasteiger partial charge in [-0.3, -0.25) is 4.79 Å². The van der Waals surface area contributed by atoms with E-state index >= 15 is 0 Å². The van der Waals surface area contributed by atoms with Crippen LogP contribution < -0.4 is 14.8 Å². The first-order valence-corrected chi connectivity index (χ1v) is 6.31. The van der Waals surface area contributed by atoms with Crippen LogP contribution in [-0.2, 0) is 16.1 Å². The molecule has 1 heterocycles. The number of hydrogen-bond acceptors (Lipinski definition) is 5. The molecule has 1 aliphatic rings. The highest BCUT2D eigenvalue weighted by atomic mass is 16.7. The Hall–Kier alpha value is -1.75. The molecule has 0 bridgehead atoms. The van der Waals surface area contributed by atoms with Gasteiger partial charge in [0.05, 0.1) is 13.0 Å². The molecule has 1 aliphatic heterocycles. The number of benzene rings is 1. The largest absolute Gasteiger partial charge is 0.469 e. The van der Waals surface area contributed by atoms with Gasteiger partial charge >= 0.3 is 5.97 Å². The second-order valence-corrected chi connectivity index (χ2v) is 4.67. The van der Waals surface area contributed by atoms with Gasteiger partial charge in [0, 0.05) is 12.6 Å². The first-order valence-electron chi connectivity index (χ1n) is 6.31. The zero-order chi connectivity index (χ0) is 13.8. The van der Waals surface area contributed by atoms with Gasteiger partial charge in [0.2, 0.25) is 6.79 Å². The number of methoxy groups -OCH3 is 1. The maximum Gasteiger partial charge on any atom is 0.309 e. The summed E-state index contributed by atoms with van der Waals surface area (Å²) in [6.07, 6.45) is 0. The number of fused-ring (bicyclic) bond motifs is 1. The van der Waals surface area contributed by atoms with Crippen LogP contribution in [-0.4, -0.2) is 25.9 Å². The normalized spacial score (nSPS) is 15.9. The van der Waals surface area contributed by atoms with E-state index in [9.17, 15) is 4.79 Å². The zero-order valence-corrected chi connectivity index (χ0v) is 11.4. The van der Waals surface area contributed by atoms with Gasteiger partial charge in [-0.25, -0.2) is 0 Å². The Kier molecular flexibility index (Phi) is 4.27. The van der Waals surface area contributed by atoms with Gasteiger partial charge in [0.1, 0.15) is 0 Å². The van der Waals surface area contributed by atoms with Crippen LogP contribution >= 0.6 is 0 Å². The summed E-state index contributed by atoms with van der Waals surface area (Å²) in [7, 11) is 1.41. The van der Waals surface area contributed by atoms with Gasteiger partial charge in [-0.15, -0.1) is 0 Å². The van der Waals surface area contributed by atoms with E-state index in [1.807, 2.05) is 32.0 Å². The van der Waals surface area contributed by atoms with Crippen LogP contribution in [0.5, 0.6) is 11.5 Å². The highest BCUT2D eigenvalue weighted by molar-refractivity contribution is 5.72. The van der Waals surface area contributed by atoms with Crippen LogP contribution in [0.25, 0.3) is 0 Å². The van der Waals surface area contributed by atoms with Crippen LogP contribution in [0.4, 0.5) is 0 Å². The molecule has 0 aliphatic carbocycles. The molecule has 1 aromatic rings. The van der Waals surface area contributed by atoms with E-state index in [0.717, 1.165) is 17.1 Å². The van der Waals surface area contributed by atoms with Gasteiger partial charge in [-0.1, -0.05) is 13.0 Å². The van der Waals surface area contributed by atoms with E-state index in [4.69, 9.17) is 14.2 Å². The van der Waals surface area contributed by atoms with Gasteiger partial charge in [0.15, 0.2) is 11.5 Å². The standard InChI is InChI=1S/C14H19NO4/c1-9(14(16)17-3)10(2)15-7-11-4-5-12-13(6-11)19-8-18-12/h4-6,9-10,15H,7-8H2,1-3H3. The lowest BCUT2D eigenvalue weighted by Crippen LogP contribution is -2.36. The molecule has 0 aromatic heterocycles. The minimum absolute atomic E-state index is 0.0397. The third-order valence-electron chi connectivity index (χ3n) is 3.39. The number of esters is 1. The average molecular weight is 265 g/mol. The Bertz CT molecular complexity index is 461. The maximum absolute atomic E-state index is 11.4. The van der Waals surface area contributed by atoms with Crippen LogP contribution in [0, 0.1) is 5.92 Å². The predicted octanol–water partition coefficient (Wildman–Crippen LogP) is 1.70. The molecule has 1 aromatic carbocycles. The minimum Gasteiger partial charge on any atom is -0.469 e. The Morgan fingerprint density at radius 3 is 2.84 bits per heavy atom. The molecule has 0 saturated carbocycles. The molecule has 1 N–H and O–H groups in total. The van der Waals surface area contributed by atoms with Gasteiger partial charge in [-0.05, 0) is 24.6 Å². The van der Waals surface area contributed by atoms with Crippen molar-refractivity contribution < 1.29 is 19.0 Å². The minimum atomic E-state index is -0.203. The predicted molar refractivity (Wildman–Crippen MR) is 70.0 cm³/mol. The lowest BCUT2D eigenvalue weighted by molar-refractivity contribution is -0.145. The van der Waals surface area contributed by atoms with Crippen molar-refractivity contribution in [2.75, 3.05) is 13.9 Å². The van der Waals surface area contributed by atoms with Gasteiger partial charge in [-0.2, -0.15) is 0 Å². The van der Waals surface area contributed by atoms with E-state index in [0.29, 0.717) is 6.54 Å². The Morgan fingerprint density at radius 2 is 2.11 bits per heavy atom. The summed E-state index contributed by atoms with van der Waals surface area (Å²) in [6.45, 7) is 4.76. The fourth-order valence-electron chi connectivity index (χ4n) is 1.90. The SMILES string of the molecule is COC(=O)C(C)C(C)NCc1ccc2c(c1)OCO2. The van der Waals surface area contributed by atoms with Crippen molar-refractivity contribution in [3.05, 3.63) is 23.8 Å². The second kappa shape index (κ2) is 5.93. The number of carbonyl (C=O) groups excluding carboxylic acids is 1. The Labute approximate surface area is 112 Å². The Balaban J connectivity index is 1.90. The molecule has 19 heavy (non-hydrogen) atoms. The third kappa shape index (κ3) is 3.17. The van der Waals surface area contributed by atoms with Crippen LogP contribution in [0.1, 0.15) is 19.4 Å². The smallest absolute Gasteiger partial charge is 0.309 e. The van der Waals surface area contributed by atoms with Crippen molar-refractivity contribution in [1.82, 2.24) is 5.32 Å². The van der Waals surface area contributed by atoms with Crippen molar-refractivity contribution in [2.45, 2.75) is 26.4 Å². The van der Waals surface area contributed by atoms with E-state index < -0.39 is 0 Å². The molecule has 2 atom stereocenters. The van der Waals surface area contributed by atoms with E-state index in [1.54, 1.807) is 0 Å². The van der Waals surface area contributed by atoms with Crippen molar-refractivity contribution >= 4 is 5.97 Å². The highest BCUT2D eigenvalue weighted by Crippen LogP contribution is 2.32. The highest BCUT2D eigenvalue weighted by Gasteiger charge is 2.20.